The zero-order valence-electron chi connectivity index (χ0n) is 15.7. The summed E-state index contributed by atoms with van der Waals surface area (Å²) < 4.78 is 7.13. The van der Waals surface area contributed by atoms with Crippen LogP contribution in [0, 0.1) is 13.8 Å². The van der Waals surface area contributed by atoms with Crippen molar-refractivity contribution in [2.45, 2.75) is 13.8 Å². The highest BCUT2D eigenvalue weighted by Gasteiger charge is 2.13. The third-order valence-corrected chi connectivity index (χ3v) is 4.88. The second-order valence-corrected chi connectivity index (χ2v) is 7.03. The summed E-state index contributed by atoms with van der Waals surface area (Å²) in [5.74, 6) is 0.292. The maximum atomic E-state index is 12.2. The van der Waals surface area contributed by atoms with E-state index in [2.05, 4.69) is 10.5 Å². The number of hydrogen-bond acceptors (Lipinski definition) is 3. The lowest BCUT2D eigenvalue weighted by Gasteiger charge is -2.12. The van der Waals surface area contributed by atoms with Crippen molar-refractivity contribution in [2.75, 3.05) is 7.11 Å². The topological polar surface area (TPSA) is 55.6 Å². The first-order valence-corrected chi connectivity index (χ1v) is 9.28. The van der Waals surface area contributed by atoms with E-state index in [0.717, 1.165) is 22.6 Å². The molecule has 3 aromatic rings. The smallest absolute Gasteiger partial charge is 0.271 e. The molecule has 0 saturated carbocycles. The second-order valence-electron chi connectivity index (χ2n) is 6.19. The predicted molar refractivity (Wildman–Crippen MR) is 113 cm³/mol. The van der Waals surface area contributed by atoms with E-state index in [1.807, 2.05) is 30.5 Å². The van der Waals surface area contributed by atoms with Gasteiger partial charge in [0.25, 0.3) is 5.91 Å². The molecule has 1 amide bonds. The lowest BCUT2D eigenvalue weighted by atomic mass is 10.2. The Morgan fingerprint density at radius 1 is 1.14 bits per heavy atom. The number of aryl methyl sites for hydroxylation is 1. The fourth-order valence-electron chi connectivity index (χ4n) is 2.94. The molecule has 0 aliphatic carbocycles. The number of nitrogens with one attached hydrogen (secondary N) is 1. The fourth-order valence-corrected chi connectivity index (χ4v) is 3.30. The molecule has 0 saturated heterocycles. The molecule has 1 N–H and O–H groups in total. The quantitative estimate of drug-likeness (QED) is 0.461. The van der Waals surface area contributed by atoms with E-state index in [9.17, 15) is 4.79 Å². The molecular weight excluding hydrogens is 397 g/mol. The van der Waals surface area contributed by atoms with Crippen molar-refractivity contribution < 1.29 is 9.53 Å². The number of methoxy groups -OCH3 is 1. The van der Waals surface area contributed by atoms with E-state index in [1.54, 1.807) is 49.7 Å². The van der Waals surface area contributed by atoms with Crippen LogP contribution in [0.15, 0.2) is 53.6 Å². The molecule has 1 aromatic heterocycles. The van der Waals surface area contributed by atoms with Crippen molar-refractivity contribution in [2.24, 2.45) is 5.10 Å². The molecule has 0 aliphatic rings. The van der Waals surface area contributed by atoms with Crippen LogP contribution >= 0.6 is 23.2 Å². The van der Waals surface area contributed by atoms with Crippen molar-refractivity contribution in [3.8, 4) is 11.4 Å². The van der Waals surface area contributed by atoms with Gasteiger partial charge in [0.2, 0.25) is 0 Å². The van der Waals surface area contributed by atoms with Crippen LogP contribution in [0.3, 0.4) is 0 Å². The average molecular weight is 416 g/mol. The molecule has 2 aromatic carbocycles. The Bertz CT molecular complexity index is 1060. The Kier molecular flexibility index (Phi) is 6.07. The number of halogens is 2. The number of hydrazone groups is 1. The van der Waals surface area contributed by atoms with Gasteiger partial charge >= 0.3 is 0 Å². The maximum Gasteiger partial charge on any atom is 0.271 e. The number of carbonyl (C=O) groups is 1. The van der Waals surface area contributed by atoms with Gasteiger partial charge in [-0.1, -0.05) is 29.3 Å². The van der Waals surface area contributed by atoms with Gasteiger partial charge in [-0.3, -0.25) is 4.79 Å². The number of ether oxygens (including phenoxy) is 1. The molecular formula is C21H19Cl2N3O2. The van der Waals surface area contributed by atoms with Gasteiger partial charge in [-0.05, 0) is 56.3 Å². The van der Waals surface area contributed by atoms with E-state index < -0.39 is 0 Å². The van der Waals surface area contributed by atoms with Gasteiger partial charge in [-0.25, -0.2) is 5.43 Å². The molecule has 5 nitrogen and oxygen atoms in total. The Labute approximate surface area is 173 Å². The molecule has 28 heavy (non-hydrogen) atoms. The average Bonchev–Trinajstić information content (AvgIpc) is 2.97. The molecule has 3 rings (SSSR count). The van der Waals surface area contributed by atoms with Gasteiger partial charge in [0, 0.05) is 27.5 Å². The minimum atomic E-state index is -0.318. The summed E-state index contributed by atoms with van der Waals surface area (Å²) in [7, 11) is 1.55. The number of nitrogens with zero attached hydrogens (tertiary/aromatic N) is 2. The third kappa shape index (κ3) is 4.21. The van der Waals surface area contributed by atoms with Crippen LogP contribution < -0.4 is 10.2 Å². The fraction of sp³-hybridized carbons (Fsp3) is 0.143. The Morgan fingerprint density at radius 2 is 1.93 bits per heavy atom. The van der Waals surface area contributed by atoms with E-state index in [4.69, 9.17) is 27.9 Å². The lowest BCUT2D eigenvalue weighted by molar-refractivity contribution is 0.0955. The highest BCUT2D eigenvalue weighted by Crippen LogP contribution is 2.28. The third-order valence-electron chi connectivity index (χ3n) is 4.32. The van der Waals surface area contributed by atoms with Crippen molar-refractivity contribution in [3.05, 3.63) is 81.1 Å². The summed E-state index contributed by atoms with van der Waals surface area (Å²) in [5, 5.41) is 5.29. The zero-order chi connectivity index (χ0) is 20.3. The van der Waals surface area contributed by atoms with E-state index >= 15 is 0 Å². The minimum absolute atomic E-state index is 0.318. The molecule has 0 fully saturated rings. The summed E-state index contributed by atoms with van der Waals surface area (Å²) >= 11 is 12.5. The lowest BCUT2D eigenvalue weighted by Crippen LogP contribution is -2.17. The molecule has 0 bridgehead atoms. The van der Waals surface area contributed by atoms with Crippen molar-refractivity contribution >= 4 is 35.3 Å². The first-order valence-electron chi connectivity index (χ1n) is 8.52. The first kappa shape index (κ1) is 20.0. The molecule has 0 spiro atoms. The predicted octanol–water partition coefficient (Wildman–Crippen LogP) is 5.17. The number of carbonyl (C=O) groups excluding carboxylic acids is 1. The molecule has 0 aliphatic heterocycles. The van der Waals surface area contributed by atoms with Crippen LogP contribution in [-0.2, 0) is 0 Å². The summed E-state index contributed by atoms with van der Waals surface area (Å²) in [6, 6.07) is 14.2. The molecule has 1 heterocycles. The van der Waals surface area contributed by atoms with E-state index in [0.29, 0.717) is 21.4 Å². The minimum Gasteiger partial charge on any atom is -0.497 e. The van der Waals surface area contributed by atoms with Gasteiger partial charge in [-0.2, -0.15) is 5.10 Å². The zero-order valence-corrected chi connectivity index (χ0v) is 17.2. The van der Waals surface area contributed by atoms with Crippen molar-refractivity contribution in [1.29, 1.82) is 0 Å². The van der Waals surface area contributed by atoms with Crippen LogP contribution in [0.5, 0.6) is 5.75 Å². The largest absolute Gasteiger partial charge is 0.497 e. The molecule has 144 valence electrons. The van der Waals surface area contributed by atoms with Crippen LogP contribution in [0.4, 0.5) is 0 Å². The second kappa shape index (κ2) is 8.50. The Morgan fingerprint density at radius 3 is 2.68 bits per heavy atom. The summed E-state index contributed by atoms with van der Waals surface area (Å²) in [6.45, 7) is 3.92. The number of benzene rings is 2. The van der Waals surface area contributed by atoms with Crippen LogP contribution in [0.2, 0.25) is 10.0 Å². The van der Waals surface area contributed by atoms with Crippen molar-refractivity contribution in [1.82, 2.24) is 9.99 Å². The maximum absolute atomic E-state index is 12.2. The van der Waals surface area contributed by atoms with Gasteiger partial charge in [0.15, 0.2) is 0 Å². The SMILES string of the molecule is COc1cccc(C(=O)N/N=C\c2cc(C)n(-c3cc(Cl)ccc3Cl)c2C)c1. The standard InChI is InChI=1S/C21H19Cl2N3O2/c1-13-9-16(14(2)26(13)20-11-17(22)7-8-19(20)23)12-24-25-21(27)15-5-4-6-18(10-15)28-3/h4-12H,1-3H3,(H,25,27)/b24-12-. The Hall–Kier alpha value is -2.76. The van der Waals surface area contributed by atoms with Gasteiger partial charge < -0.3 is 9.30 Å². The molecule has 0 radical (unpaired) electrons. The molecule has 0 unspecified atom stereocenters. The highest BCUT2D eigenvalue weighted by molar-refractivity contribution is 6.34. The van der Waals surface area contributed by atoms with Gasteiger partial charge in [-0.15, -0.1) is 0 Å². The van der Waals surface area contributed by atoms with Gasteiger partial charge in [0.05, 0.1) is 24.0 Å². The van der Waals surface area contributed by atoms with Crippen molar-refractivity contribution in [3.63, 3.8) is 0 Å². The summed E-state index contributed by atoms with van der Waals surface area (Å²) in [4.78, 5) is 12.2. The summed E-state index contributed by atoms with van der Waals surface area (Å²) in [6.07, 6.45) is 1.61. The summed E-state index contributed by atoms with van der Waals surface area (Å²) in [5.41, 5.74) is 6.56. The number of hydrogen-bond donors (Lipinski definition) is 1. The number of rotatable bonds is 5. The monoisotopic (exact) mass is 415 g/mol. The van der Waals surface area contributed by atoms with Crippen LogP contribution in [0.1, 0.15) is 27.3 Å². The van der Waals surface area contributed by atoms with Crippen LogP contribution in [0.25, 0.3) is 5.69 Å². The first-order chi connectivity index (χ1) is 13.4. The number of aromatic nitrogens is 1. The highest BCUT2D eigenvalue weighted by atomic mass is 35.5. The number of amides is 1. The molecule has 0 atom stereocenters. The van der Waals surface area contributed by atoms with Crippen LogP contribution in [-0.4, -0.2) is 23.8 Å². The van der Waals surface area contributed by atoms with E-state index in [-0.39, 0.29) is 5.91 Å². The molecule has 7 heteroatoms. The van der Waals surface area contributed by atoms with E-state index in [1.165, 1.54) is 0 Å². The van der Waals surface area contributed by atoms with Gasteiger partial charge in [0.1, 0.15) is 5.75 Å². The Balaban J connectivity index is 1.81. The normalized spacial score (nSPS) is 11.0.